The topological polar surface area (TPSA) is 78.9 Å². The highest BCUT2D eigenvalue weighted by molar-refractivity contribution is 5.71. The summed E-state index contributed by atoms with van der Waals surface area (Å²) in [7, 11) is 0. The molecule has 1 unspecified atom stereocenters. The third-order valence-corrected chi connectivity index (χ3v) is 14.0. The summed E-state index contributed by atoms with van der Waals surface area (Å²) in [6.07, 6.45) is 53.7. The molecule has 6 nitrogen and oxygen atoms in total. The van der Waals surface area contributed by atoms with Crippen molar-refractivity contribution in [1.82, 2.24) is 0 Å². The number of hydrogen-bond acceptors (Lipinski definition) is 6. The Balaban J connectivity index is 4.29. The van der Waals surface area contributed by atoms with Crippen molar-refractivity contribution in [3.63, 3.8) is 0 Å². The van der Waals surface area contributed by atoms with Crippen LogP contribution >= 0.6 is 0 Å². The van der Waals surface area contributed by atoms with Crippen LogP contribution in [0.15, 0.2) is 0 Å². The van der Waals surface area contributed by atoms with Gasteiger partial charge in [0, 0.05) is 19.3 Å². The first kappa shape index (κ1) is 64.4. The smallest absolute Gasteiger partial charge is 0.306 e. The second kappa shape index (κ2) is 51.3. The lowest BCUT2D eigenvalue weighted by Crippen LogP contribution is -2.30. The average molecular weight is 934 g/mol. The fourth-order valence-electron chi connectivity index (χ4n) is 9.14. The van der Waals surface area contributed by atoms with Crippen molar-refractivity contribution < 1.29 is 28.6 Å². The van der Waals surface area contributed by atoms with Crippen LogP contribution in [0.2, 0.25) is 0 Å². The Labute approximate surface area is 412 Å². The van der Waals surface area contributed by atoms with Crippen molar-refractivity contribution >= 4 is 17.9 Å². The van der Waals surface area contributed by atoms with Crippen LogP contribution in [0, 0.1) is 17.8 Å². The SMILES string of the molecule is CCC(C)CCCCCCCCCCCCC(=O)O[C@H](COC(=O)CCCCCCCCCCCCCCCCCCC(C)C)COC(=O)CCCCCCCCCCCCCCC(C)C. The zero-order chi connectivity index (χ0) is 48.4. The molecule has 392 valence electrons. The Morgan fingerprint density at radius 1 is 0.303 bits per heavy atom. The Morgan fingerprint density at radius 3 is 0.788 bits per heavy atom. The van der Waals surface area contributed by atoms with Gasteiger partial charge >= 0.3 is 17.9 Å². The highest BCUT2D eigenvalue weighted by Crippen LogP contribution is 2.19. The van der Waals surface area contributed by atoms with Crippen LogP contribution in [-0.4, -0.2) is 37.2 Å². The highest BCUT2D eigenvalue weighted by atomic mass is 16.6. The van der Waals surface area contributed by atoms with E-state index in [-0.39, 0.29) is 31.1 Å². The summed E-state index contributed by atoms with van der Waals surface area (Å²) in [5.74, 6) is 1.71. The van der Waals surface area contributed by atoms with Gasteiger partial charge in [-0.05, 0) is 37.0 Å². The van der Waals surface area contributed by atoms with E-state index in [1.165, 1.54) is 212 Å². The zero-order valence-electron chi connectivity index (χ0n) is 45.5. The number of hydrogen-bond donors (Lipinski definition) is 0. The van der Waals surface area contributed by atoms with E-state index >= 15 is 0 Å². The van der Waals surface area contributed by atoms with Crippen molar-refractivity contribution in [2.75, 3.05) is 13.2 Å². The summed E-state index contributed by atoms with van der Waals surface area (Å²) < 4.78 is 16.9. The number of carbonyl (C=O) groups is 3. The summed E-state index contributed by atoms with van der Waals surface area (Å²) in [6.45, 7) is 13.8. The molecule has 0 fully saturated rings. The predicted molar refractivity (Wildman–Crippen MR) is 284 cm³/mol. The van der Waals surface area contributed by atoms with Crippen LogP contribution in [0.3, 0.4) is 0 Å². The largest absolute Gasteiger partial charge is 0.462 e. The first-order valence-corrected chi connectivity index (χ1v) is 29.6. The molecular formula is C60H116O6. The van der Waals surface area contributed by atoms with Crippen molar-refractivity contribution in [2.45, 2.75) is 337 Å². The molecule has 0 amide bonds. The monoisotopic (exact) mass is 933 g/mol. The van der Waals surface area contributed by atoms with Crippen molar-refractivity contribution in [1.29, 1.82) is 0 Å². The van der Waals surface area contributed by atoms with Crippen molar-refractivity contribution in [3.05, 3.63) is 0 Å². The molecule has 0 N–H and O–H groups in total. The lowest BCUT2D eigenvalue weighted by Gasteiger charge is -2.18. The normalized spacial score (nSPS) is 12.5. The van der Waals surface area contributed by atoms with E-state index in [0.717, 1.165) is 75.5 Å². The number of unbranched alkanes of at least 4 members (excludes halogenated alkanes) is 35. The maximum absolute atomic E-state index is 12.9. The first-order chi connectivity index (χ1) is 32.1. The van der Waals surface area contributed by atoms with E-state index in [0.29, 0.717) is 19.3 Å². The molecule has 0 aliphatic carbocycles. The molecule has 0 aromatic rings. The molecule has 0 aliphatic rings. The van der Waals surface area contributed by atoms with Gasteiger partial charge in [0.15, 0.2) is 6.10 Å². The van der Waals surface area contributed by atoms with Gasteiger partial charge < -0.3 is 14.2 Å². The minimum Gasteiger partial charge on any atom is -0.462 e. The van der Waals surface area contributed by atoms with Crippen molar-refractivity contribution in [2.24, 2.45) is 17.8 Å². The number of ether oxygens (including phenoxy) is 3. The van der Waals surface area contributed by atoms with Gasteiger partial charge in [-0.25, -0.2) is 0 Å². The quantitative estimate of drug-likeness (QED) is 0.0343. The molecule has 6 heteroatoms. The average Bonchev–Trinajstić information content (AvgIpc) is 3.29. The van der Waals surface area contributed by atoms with Gasteiger partial charge in [0.1, 0.15) is 13.2 Å². The minimum absolute atomic E-state index is 0.0634. The number of rotatable bonds is 53. The fourth-order valence-corrected chi connectivity index (χ4v) is 9.14. The van der Waals surface area contributed by atoms with Gasteiger partial charge in [-0.1, -0.05) is 292 Å². The van der Waals surface area contributed by atoms with E-state index in [1.54, 1.807) is 0 Å². The Morgan fingerprint density at radius 2 is 0.530 bits per heavy atom. The van der Waals surface area contributed by atoms with E-state index in [9.17, 15) is 14.4 Å². The molecule has 0 radical (unpaired) electrons. The Hall–Kier alpha value is -1.59. The molecule has 0 aromatic heterocycles. The molecule has 0 heterocycles. The molecule has 0 saturated carbocycles. The van der Waals surface area contributed by atoms with Crippen LogP contribution in [0.25, 0.3) is 0 Å². The maximum Gasteiger partial charge on any atom is 0.306 e. The van der Waals surface area contributed by atoms with Gasteiger partial charge in [0.2, 0.25) is 0 Å². The predicted octanol–water partition coefficient (Wildman–Crippen LogP) is 19.5. The van der Waals surface area contributed by atoms with Gasteiger partial charge in [0.25, 0.3) is 0 Å². The summed E-state index contributed by atoms with van der Waals surface area (Å²) in [5.41, 5.74) is 0. The van der Waals surface area contributed by atoms with E-state index in [4.69, 9.17) is 14.2 Å². The fraction of sp³-hybridized carbons (Fsp3) is 0.950. The standard InChI is InChI=1S/C60H116O6/c1-7-56(6)48-42-36-30-24-20-21-27-33-39-45-51-60(63)66-57(53-65-59(62)50-44-38-32-26-19-15-14-17-23-29-35-41-47-55(4)5)52-64-58(61)49-43-37-31-25-18-13-11-9-8-10-12-16-22-28-34-40-46-54(2)3/h54-57H,7-53H2,1-6H3/t56?,57-/m1/s1. The van der Waals surface area contributed by atoms with Gasteiger partial charge in [-0.3, -0.25) is 14.4 Å². The van der Waals surface area contributed by atoms with Gasteiger partial charge in [0.05, 0.1) is 0 Å². The van der Waals surface area contributed by atoms with Crippen LogP contribution in [0.5, 0.6) is 0 Å². The molecule has 0 saturated heterocycles. The van der Waals surface area contributed by atoms with Crippen LogP contribution in [0.4, 0.5) is 0 Å². The molecular weight excluding hydrogens is 817 g/mol. The second-order valence-corrected chi connectivity index (χ2v) is 21.8. The van der Waals surface area contributed by atoms with Crippen LogP contribution in [0.1, 0.15) is 330 Å². The zero-order valence-corrected chi connectivity index (χ0v) is 45.5. The van der Waals surface area contributed by atoms with E-state index in [1.807, 2.05) is 0 Å². The third kappa shape index (κ3) is 51.8. The lowest BCUT2D eigenvalue weighted by molar-refractivity contribution is -0.167. The molecule has 0 bridgehead atoms. The van der Waals surface area contributed by atoms with Crippen molar-refractivity contribution in [3.8, 4) is 0 Å². The summed E-state index contributed by atoms with van der Waals surface area (Å²) in [6, 6.07) is 0. The molecule has 0 spiro atoms. The van der Waals surface area contributed by atoms with E-state index in [2.05, 4.69) is 41.5 Å². The minimum atomic E-state index is -0.764. The summed E-state index contributed by atoms with van der Waals surface area (Å²) in [5, 5.41) is 0. The third-order valence-electron chi connectivity index (χ3n) is 14.0. The van der Waals surface area contributed by atoms with E-state index < -0.39 is 6.10 Å². The summed E-state index contributed by atoms with van der Waals surface area (Å²) in [4.78, 5) is 38.2. The van der Waals surface area contributed by atoms with Crippen LogP contribution in [-0.2, 0) is 28.6 Å². The lowest BCUT2D eigenvalue weighted by atomic mass is 9.99. The van der Waals surface area contributed by atoms with Crippen LogP contribution < -0.4 is 0 Å². The Kier molecular flexibility index (Phi) is 50.0. The highest BCUT2D eigenvalue weighted by Gasteiger charge is 2.19. The molecule has 0 aliphatic heterocycles. The molecule has 0 aromatic carbocycles. The molecule has 66 heavy (non-hydrogen) atoms. The Bertz CT molecular complexity index is 1020. The van der Waals surface area contributed by atoms with Gasteiger partial charge in [-0.15, -0.1) is 0 Å². The first-order valence-electron chi connectivity index (χ1n) is 29.6. The van der Waals surface area contributed by atoms with Gasteiger partial charge in [-0.2, -0.15) is 0 Å². The number of esters is 3. The second-order valence-electron chi connectivity index (χ2n) is 21.8. The molecule has 2 atom stereocenters. The summed E-state index contributed by atoms with van der Waals surface area (Å²) >= 11 is 0. The molecule has 0 rings (SSSR count). The maximum atomic E-state index is 12.9. The number of carbonyl (C=O) groups excluding carboxylic acids is 3.